The van der Waals surface area contributed by atoms with E-state index in [2.05, 4.69) is 70.8 Å². The van der Waals surface area contributed by atoms with Gasteiger partial charge in [0.25, 0.3) is 0 Å². The zero-order chi connectivity index (χ0) is 17.2. The molecule has 0 fully saturated rings. The van der Waals surface area contributed by atoms with Gasteiger partial charge in [-0.2, -0.15) is 0 Å². The number of rotatable bonds is 6. The Hall–Kier alpha value is -1.02. The molecule has 23 heavy (non-hydrogen) atoms. The second kappa shape index (κ2) is 7.25. The first-order chi connectivity index (χ1) is 10.8. The third-order valence-electron chi connectivity index (χ3n) is 5.28. The van der Waals surface area contributed by atoms with Crippen molar-refractivity contribution < 1.29 is 0 Å². The van der Waals surface area contributed by atoms with E-state index < -0.39 is 0 Å². The SMILES string of the molecule is CCCCN1c2cc(C)c(CNC(C)C)cc2C(C)CC1(C)C. The standard InChI is InChI=1S/C21H36N2/c1-8-9-10-23-20-11-16(4)18(14-22-15(2)3)12-19(20)17(5)13-21(23,6)7/h11-12,15,17,22H,8-10,13-14H2,1-7H3. The lowest BCUT2D eigenvalue weighted by Crippen LogP contribution is -2.48. The lowest BCUT2D eigenvalue weighted by molar-refractivity contribution is 0.373. The van der Waals surface area contributed by atoms with Crippen LogP contribution in [-0.4, -0.2) is 18.1 Å². The maximum Gasteiger partial charge on any atom is 0.0408 e. The molecule has 2 rings (SSSR count). The topological polar surface area (TPSA) is 15.3 Å². The molecule has 0 aliphatic carbocycles. The Labute approximate surface area is 143 Å². The predicted octanol–water partition coefficient (Wildman–Crippen LogP) is 5.39. The van der Waals surface area contributed by atoms with E-state index in [9.17, 15) is 0 Å². The van der Waals surface area contributed by atoms with E-state index in [4.69, 9.17) is 0 Å². The largest absolute Gasteiger partial charge is 0.366 e. The van der Waals surface area contributed by atoms with E-state index in [1.54, 1.807) is 5.56 Å². The number of benzene rings is 1. The molecular weight excluding hydrogens is 280 g/mol. The third kappa shape index (κ3) is 4.09. The van der Waals surface area contributed by atoms with Crippen LogP contribution in [0.4, 0.5) is 5.69 Å². The molecule has 1 aromatic rings. The van der Waals surface area contributed by atoms with Crippen LogP contribution in [0.1, 0.15) is 83.4 Å². The van der Waals surface area contributed by atoms with Gasteiger partial charge in [-0.1, -0.05) is 40.2 Å². The van der Waals surface area contributed by atoms with E-state index in [0.717, 1.165) is 6.54 Å². The molecule has 1 aliphatic heterocycles. The molecule has 1 aliphatic rings. The van der Waals surface area contributed by atoms with Gasteiger partial charge in [0.15, 0.2) is 0 Å². The van der Waals surface area contributed by atoms with Gasteiger partial charge in [0.05, 0.1) is 0 Å². The summed E-state index contributed by atoms with van der Waals surface area (Å²) in [5.41, 5.74) is 6.16. The Bertz CT molecular complexity index is 531. The number of hydrogen-bond donors (Lipinski definition) is 1. The molecule has 0 spiro atoms. The predicted molar refractivity (Wildman–Crippen MR) is 103 cm³/mol. The van der Waals surface area contributed by atoms with Crippen LogP contribution in [0.15, 0.2) is 12.1 Å². The Balaban J connectivity index is 2.38. The highest BCUT2D eigenvalue weighted by Gasteiger charge is 2.36. The van der Waals surface area contributed by atoms with Gasteiger partial charge in [-0.15, -0.1) is 0 Å². The quantitative estimate of drug-likeness (QED) is 0.757. The fraction of sp³-hybridized carbons (Fsp3) is 0.714. The zero-order valence-corrected chi connectivity index (χ0v) is 16.3. The molecule has 130 valence electrons. The Morgan fingerprint density at radius 3 is 2.61 bits per heavy atom. The number of anilines is 1. The summed E-state index contributed by atoms with van der Waals surface area (Å²) < 4.78 is 0. The number of unbranched alkanes of at least 4 members (excludes halogenated alkanes) is 1. The Morgan fingerprint density at radius 2 is 2.00 bits per heavy atom. The van der Waals surface area contributed by atoms with Gasteiger partial charge in [-0.05, 0) is 62.3 Å². The van der Waals surface area contributed by atoms with Gasteiger partial charge in [-0.25, -0.2) is 0 Å². The van der Waals surface area contributed by atoms with Crippen molar-refractivity contribution in [3.05, 3.63) is 28.8 Å². The zero-order valence-electron chi connectivity index (χ0n) is 16.3. The van der Waals surface area contributed by atoms with Crippen LogP contribution in [0.3, 0.4) is 0 Å². The van der Waals surface area contributed by atoms with Crippen molar-refractivity contribution >= 4 is 5.69 Å². The molecule has 2 nitrogen and oxygen atoms in total. The monoisotopic (exact) mass is 316 g/mol. The van der Waals surface area contributed by atoms with Crippen LogP contribution in [-0.2, 0) is 6.54 Å². The van der Waals surface area contributed by atoms with E-state index in [0.29, 0.717) is 12.0 Å². The fourth-order valence-corrected chi connectivity index (χ4v) is 3.92. The average molecular weight is 317 g/mol. The lowest BCUT2D eigenvalue weighted by atomic mass is 9.79. The Morgan fingerprint density at radius 1 is 1.30 bits per heavy atom. The van der Waals surface area contributed by atoms with Crippen LogP contribution in [0.25, 0.3) is 0 Å². The number of aryl methyl sites for hydroxylation is 1. The van der Waals surface area contributed by atoms with Gasteiger partial charge in [-0.3, -0.25) is 0 Å². The second-order valence-corrected chi connectivity index (χ2v) is 8.30. The first kappa shape index (κ1) is 18.3. The summed E-state index contributed by atoms with van der Waals surface area (Å²) in [5, 5.41) is 3.57. The summed E-state index contributed by atoms with van der Waals surface area (Å²) in [6, 6.07) is 5.45. The van der Waals surface area contributed by atoms with Crippen LogP contribution in [0.2, 0.25) is 0 Å². The summed E-state index contributed by atoms with van der Waals surface area (Å²) in [6.45, 7) is 18.3. The highest BCUT2D eigenvalue weighted by atomic mass is 15.2. The molecule has 1 heterocycles. The van der Waals surface area contributed by atoms with Crippen LogP contribution in [0.5, 0.6) is 0 Å². The molecule has 0 amide bonds. The van der Waals surface area contributed by atoms with E-state index >= 15 is 0 Å². The lowest BCUT2D eigenvalue weighted by Gasteiger charge is -2.48. The Kier molecular flexibility index (Phi) is 5.78. The minimum absolute atomic E-state index is 0.256. The minimum Gasteiger partial charge on any atom is -0.366 e. The van der Waals surface area contributed by atoms with Gasteiger partial charge in [0, 0.05) is 30.4 Å². The van der Waals surface area contributed by atoms with Crippen molar-refractivity contribution in [3.8, 4) is 0 Å². The highest BCUT2D eigenvalue weighted by Crippen LogP contribution is 2.44. The maximum absolute atomic E-state index is 3.57. The molecule has 0 aromatic heterocycles. The van der Waals surface area contributed by atoms with Crippen molar-refractivity contribution in [2.75, 3.05) is 11.4 Å². The maximum atomic E-state index is 3.57. The molecule has 0 bridgehead atoms. The number of fused-ring (bicyclic) bond motifs is 1. The molecule has 0 saturated heterocycles. The van der Waals surface area contributed by atoms with Gasteiger partial charge in [0.2, 0.25) is 0 Å². The second-order valence-electron chi connectivity index (χ2n) is 8.30. The molecule has 0 saturated carbocycles. The number of nitrogens with one attached hydrogen (secondary N) is 1. The molecular formula is C21H36N2. The van der Waals surface area contributed by atoms with E-state index in [1.165, 1.54) is 42.6 Å². The van der Waals surface area contributed by atoms with Crippen molar-refractivity contribution in [2.24, 2.45) is 0 Å². The van der Waals surface area contributed by atoms with E-state index in [1.807, 2.05) is 0 Å². The molecule has 1 unspecified atom stereocenters. The molecule has 0 radical (unpaired) electrons. The summed E-state index contributed by atoms with van der Waals surface area (Å²) in [5.74, 6) is 0.635. The normalized spacial score (nSPS) is 20.0. The molecule has 1 aromatic carbocycles. The van der Waals surface area contributed by atoms with Crippen LogP contribution in [0, 0.1) is 6.92 Å². The van der Waals surface area contributed by atoms with Gasteiger partial charge < -0.3 is 10.2 Å². The van der Waals surface area contributed by atoms with E-state index in [-0.39, 0.29) is 5.54 Å². The van der Waals surface area contributed by atoms with Gasteiger partial charge in [0.1, 0.15) is 0 Å². The molecule has 1 atom stereocenters. The number of nitrogens with zero attached hydrogens (tertiary/aromatic N) is 1. The number of hydrogen-bond acceptors (Lipinski definition) is 2. The molecule has 2 heteroatoms. The first-order valence-electron chi connectivity index (χ1n) is 9.40. The third-order valence-corrected chi connectivity index (χ3v) is 5.28. The summed E-state index contributed by atoms with van der Waals surface area (Å²) in [7, 11) is 0. The summed E-state index contributed by atoms with van der Waals surface area (Å²) in [6.07, 6.45) is 3.77. The highest BCUT2D eigenvalue weighted by molar-refractivity contribution is 5.62. The summed E-state index contributed by atoms with van der Waals surface area (Å²) >= 11 is 0. The van der Waals surface area contributed by atoms with Crippen LogP contribution >= 0.6 is 0 Å². The average Bonchev–Trinajstić information content (AvgIpc) is 2.44. The van der Waals surface area contributed by atoms with Crippen LogP contribution < -0.4 is 10.2 Å². The van der Waals surface area contributed by atoms with Gasteiger partial charge >= 0.3 is 0 Å². The van der Waals surface area contributed by atoms with Crippen molar-refractivity contribution in [1.82, 2.24) is 5.32 Å². The fourth-order valence-electron chi connectivity index (χ4n) is 3.92. The van der Waals surface area contributed by atoms with Crippen molar-refractivity contribution in [1.29, 1.82) is 0 Å². The van der Waals surface area contributed by atoms with Crippen molar-refractivity contribution in [3.63, 3.8) is 0 Å². The molecule has 1 N–H and O–H groups in total. The minimum atomic E-state index is 0.256. The first-order valence-corrected chi connectivity index (χ1v) is 9.40. The summed E-state index contributed by atoms with van der Waals surface area (Å²) in [4.78, 5) is 2.67. The van der Waals surface area contributed by atoms with Crippen molar-refractivity contribution in [2.45, 2.75) is 91.8 Å². The smallest absolute Gasteiger partial charge is 0.0408 e.